The molecule has 1 rings (SSSR count). The molecule has 2 heteroatoms. The Morgan fingerprint density at radius 1 is 1.71 bits per heavy atom. The van der Waals surface area contributed by atoms with Crippen LogP contribution in [0.3, 0.4) is 0 Å². The average Bonchev–Trinajstić information content (AvgIpc) is 1.69. The monoisotopic (exact) mass is 116 g/mol. The summed E-state index contributed by atoms with van der Waals surface area (Å²) < 4.78 is 0. The summed E-state index contributed by atoms with van der Waals surface area (Å²) in [5.74, 6) is 1.26. The molecule has 1 aliphatic heterocycles. The highest BCUT2D eigenvalue weighted by atomic mass is 32.2. The standard InChI is InChI=1S/C5H10NS/c1-5-4-6-2-3-7-5/h6H,2-4H2,1H3. The van der Waals surface area contributed by atoms with E-state index in [1.54, 1.807) is 0 Å². The van der Waals surface area contributed by atoms with E-state index < -0.39 is 0 Å². The maximum atomic E-state index is 3.28. The number of thioether (sulfide) groups is 1. The minimum Gasteiger partial charge on any atom is -0.314 e. The molecule has 0 spiro atoms. The van der Waals surface area contributed by atoms with Gasteiger partial charge in [-0.2, -0.15) is 11.8 Å². The van der Waals surface area contributed by atoms with E-state index in [1.807, 2.05) is 11.8 Å². The van der Waals surface area contributed by atoms with Gasteiger partial charge in [-0.25, -0.2) is 0 Å². The van der Waals surface area contributed by atoms with Crippen molar-refractivity contribution in [3.05, 3.63) is 5.25 Å². The van der Waals surface area contributed by atoms with E-state index in [0.717, 1.165) is 6.54 Å². The Morgan fingerprint density at radius 3 is 2.86 bits per heavy atom. The predicted molar refractivity (Wildman–Crippen MR) is 34.2 cm³/mol. The van der Waals surface area contributed by atoms with Gasteiger partial charge in [-0.3, -0.25) is 0 Å². The zero-order chi connectivity index (χ0) is 5.11. The summed E-state index contributed by atoms with van der Waals surface area (Å²) in [6, 6.07) is 0. The molecule has 0 aromatic heterocycles. The van der Waals surface area contributed by atoms with Crippen molar-refractivity contribution in [2.75, 3.05) is 18.8 Å². The van der Waals surface area contributed by atoms with Crippen LogP contribution in [-0.4, -0.2) is 18.8 Å². The molecule has 1 fully saturated rings. The van der Waals surface area contributed by atoms with Gasteiger partial charge in [-0.1, -0.05) is 0 Å². The van der Waals surface area contributed by atoms with Gasteiger partial charge in [-0.15, -0.1) is 0 Å². The van der Waals surface area contributed by atoms with Gasteiger partial charge in [0.2, 0.25) is 0 Å². The van der Waals surface area contributed by atoms with Crippen molar-refractivity contribution in [3.8, 4) is 0 Å². The number of nitrogens with one attached hydrogen (secondary N) is 1. The van der Waals surface area contributed by atoms with Gasteiger partial charge >= 0.3 is 0 Å². The fourth-order valence-electron chi connectivity index (χ4n) is 0.613. The molecule has 0 aliphatic carbocycles. The van der Waals surface area contributed by atoms with Crippen molar-refractivity contribution in [3.63, 3.8) is 0 Å². The van der Waals surface area contributed by atoms with Gasteiger partial charge in [0.05, 0.1) is 0 Å². The van der Waals surface area contributed by atoms with Crippen molar-refractivity contribution in [2.45, 2.75) is 6.92 Å². The van der Waals surface area contributed by atoms with Gasteiger partial charge in [0.1, 0.15) is 0 Å². The number of hydrogen-bond acceptors (Lipinski definition) is 2. The van der Waals surface area contributed by atoms with E-state index in [9.17, 15) is 0 Å². The Hall–Kier alpha value is 0.310. The van der Waals surface area contributed by atoms with Gasteiger partial charge < -0.3 is 5.32 Å². The van der Waals surface area contributed by atoms with Crippen LogP contribution < -0.4 is 5.32 Å². The summed E-state index contributed by atoms with van der Waals surface area (Å²) in [5, 5.41) is 4.80. The molecule has 7 heavy (non-hydrogen) atoms. The summed E-state index contributed by atoms with van der Waals surface area (Å²) in [6.45, 7) is 4.48. The molecule has 1 nitrogen and oxygen atoms in total. The van der Waals surface area contributed by atoms with Crippen LogP contribution in [0.15, 0.2) is 0 Å². The number of rotatable bonds is 0. The lowest BCUT2D eigenvalue weighted by Crippen LogP contribution is -2.26. The molecular weight excluding hydrogens is 106 g/mol. The van der Waals surface area contributed by atoms with Crippen LogP contribution in [0.5, 0.6) is 0 Å². The molecule has 1 radical (unpaired) electrons. The van der Waals surface area contributed by atoms with Crippen LogP contribution in [0.25, 0.3) is 0 Å². The maximum absolute atomic E-state index is 3.28. The van der Waals surface area contributed by atoms with Crippen LogP contribution in [0.1, 0.15) is 6.92 Å². The van der Waals surface area contributed by atoms with Gasteiger partial charge in [0.15, 0.2) is 0 Å². The molecular formula is C5H10NS. The summed E-state index contributed by atoms with van der Waals surface area (Å²) in [5.41, 5.74) is 0. The summed E-state index contributed by atoms with van der Waals surface area (Å²) in [6.07, 6.45) is 0. The minimum atomic E-state index is 1.12. The fourth-order valence-corrected chi connectivity index (χ4v) is 1.41. The lowest BCUT2D eigenvalue weighted by molar-refractivity contribution is 0.750. The second-order valence-corrected chi connectivity index (χ2v) is 3.12. The molecule has 1 heterocycles. The Kier molecular flexibility index (Phi) is 2.00. The molecule has 0 aromatic rings. The summed E-state index contributed by atoms with van der Waals surface area (Å²) in [4.78, 5) is 0. The lowest BCUT2D eigenvalue weighted by Gasteiger charge is -2.16. The van der Waals surface area contributed by atoms with Crippen molar-refractivity contribution < 1.29 is 0 Å². The third kappa shape index (κ3) is 1.70. The summed E-state index contributed by atoms with van der Waals surface area (Å²) in [7, 11) is 0. The van der Waals surface area contributed by atoms with Gasteiger partial charge in [0, 0.05) is 24.1 Å². The van der Waals surface area contributed by atoms with Crippen molar-refractivity contribution >= 4 is 11.8 Å². The molecule has 1 aliphatic rings. The van der Waals surface area contributed by atoms with Crippen molar-refractivity contribution in [1.82, 2.24) is 5.32 Å². The first-order valence-electron chi connectivity index (χ1n) is 2.55. The third-order valence-electron chi connectivity index (χ3n) is 1.00. The molecule has 0 bridgehead atoms. The third-order valence-corrected chi connectivity index (χ3v) is 2.05. The highest BCUT2D eigenvalue weighted by molar-refractivity contribution is 8.02. The lowest BCUT2D eigenvalue weighted by atomic mass is 10.4. The van der Waals surface area contributed by atoms with Gasteiger partial charge in [-0.05, 0) is 6.92 Å². The largest absolute Gasteiger partial charge is 0.314 e. The second-order valence-electron chi connectivity index (χ2n) is 1.73. The molecule has 0 amide bonds. The molecule has 41 valence electrons. The first-order valence-corrected chi connectivity index (χ1v) is 3.54. The van der Waals surface area contributed by atoms with E-state index in [0.29, 0.717) is 0 Å². The molecule has 1 N–H and O–H groups in total. The van der Waals surface area contributed by atoms with E-state index in [4.69, 9.17) is 0 Å². The highest BCUT2D eigenvalue weighted by Crippen LogP contribution is 2.18. The van der Waals surface area contributed by atoms with Crippen LogP contribution in [0.4, 0.5) is 0 Å². The first-order chi connectivity index (χ1) is 3.39. The van der Waals surface area contributed by atoms with Crippen LogP contribution in [0, 0.1) is 5.25 Å². The number of hydrogen-bond donors (Lipinski definition) is 1. The summed E-state index contributed by atoms with van der Waals surface area (Å²) >= 11 is 1.97. The van der Waals surface area contributed by atoms with Crippen molar-refractivity contribution in [2.24, 2.45) is 0 Å². The van der Waals surface area contributed by atoms with E-state index >= 15 is 0 Å². The molecule has 0 unspecified atom stereocenters. The van der Waals surface area contributed by atoms with E-state index in [-0.39, 0.29) is 0 Å². The minimum absolute atomic E-state index is 1.12. The SMILES string of the molecule is C[C]1CNCCS1. The zero-order valence-electron chi connectivity index (χ0n) is 4.53. The Balaban J connectivity index is 2.12. The van der Waals surface area contributed by atoms with Crippen molar-refractivity contribution in [1.29, 1.82) is 0 Å². The molecule has 1 saturated heterocycles. The highest BCUT2D eigenvalue weighted by Gasteiger charge is 2.06. The van der Waals surface area contributed by atoms with Crippen LogP contribution in [-0.2, 0) is 0 Å². The normalized spacial score (nSPS) is 25.3. The van der Waals surface area contributed by atoms with Crippen LogP contribution >= 0.6 is 11.8 Å². The van der Waals surface area contributed by atoms with Crippen LogP contribution in [0.2, 0.25) is 0 Å². The Bertz CT molecular complexity index is 50.0. The molecule has 0 atom stereocenters. The Morgan fingerprint density at radius 2 is 2.57 bits per heavy atom. The van der Waals surface area contributed by atoms with E-state index in [2.05, 4.69) is 12.2 Å². The smallest absolute Gasteiger partial charge is 0.0412 e. The van der Waals surface area contributed by atoms with E-state index in [1.165, 1.54) is 17.5 Å². The Labute approximate surface area is 48.9 Å². The zero-order valence-corrected chi connectivity index (χ0v) is 5.35. The fraction of sp³-hybridized carbons (Fsp3) is 0.800. The first kappa shape index (κ1) is 5.45. The maximum Gasteiger partial charge on any atom is 0.0412 e. The molecule has 0 aromatic carbocycles. The topological polar surface area (TPSA) is 12.0 Å². The predicted octanol–water partition coefficient (Wildman–Crippen LogP) is 0.875. The molecule has 0 saturated carbocycles. The second kappa shape index (κ2) is 2.58. The average molecular weight is 116 g/mol. The quantitative estimate of drug-likeness (QED) is 0.504. The van der Waals surface area contributed by atoms with Gasteiger partial charge in [0.25, 0.3) is 0 Å².